The Morgan fingerprint density at radius 3 is 2.83 bits per heavy atom. The van der Waals surface area contributed by atoms with Crippen LogP contribution >= 0.6 is 0 Å². The number of imide groups is 1. The summed E-state index contributed by atoms with van der Waals surface area (Å²) in [5, 5.41) is 8.60. The van der Waals surface area contributed by atoms with Gasteiger partial charge >= 0.3 is 6.09 Å². The lowest BCUT2D eigenvalue weighted by atomic mass is 10.1. The summed E-state index contributed by atoms with van der Waals surface area (Å²) < 4.78 is 0. The third-order valence-corrected chi connectivity index (χ3v) is 1.96. The standard InChI is InChI=1S/C7H12N2O3/c8-5-3-1-2-4-9(6(5)10)7(11)12/h5H,1-4,8H2,(H,11,12)/t5-/m1/s1. The lowest BCUT2D eigenvalue weighted by Crippen LogP contribution is -2.44. The number of amides is 2. The molecule has 1 aliphatic heterocycles. The van der Waals surface area contributed by atoms with E-state index in [-0.39, 0.29) is 6.54 Å². The number of carbonyl (C=O) groups is 2. The predicted octanol–water partition coefficient (Wildman–Crippen LogP) is 0.00420. The van der Waals surface area contributed by atoms with Crippen molar-refractivity contribution in [2.45, 2.75) is 25.3 Å². The van der Waals surface area contributed by atoms with Gasteiger partial charge in [0.2, 0.25) is 5.91 Å². The van der Waals surface area contributed by atoms with Crippen LogP contribution in [0.25, 0.3) is 0 Å². The molecule has 0 radical (unpaired) electrons. The Morgan fingerprint density at radius 2 is 2.25 bits per heavy atom. The molecular weight excluding hydrogens is 160 g/mol. The zero-order valence-corrected chi connectivity index (χ0v) is 6.69. The second-order valence-corrected chi connectivity index (χ2v) is 2.87. The number of rotatable bonds is 0. The van der Waals surface area contributed by atoms with Crippen molar-refractivity contribution in [2.75, 3.05) is 6.54 Å². The highest BCUT2D eigenvalue weighted by atomic mass is 16.4. The van der Waals surface area contributed by atoms with Crippen LogP contribution < -0.4 is 5.73 Å². The van der Waals surface area contributed by atoms with Crippen molar-refractivity contribution >= 4 is 12.0 Å². The highest BCUT2D eigenvalue weighted by Crippen LogP contribution is 2.10. The summed E-state index contributed by atoms with van der Waals surface area (Å²) in [5.74, 6) is -0.472. The largest absolute Gasteiger partial charge is 0.465 e. The van der Waals surface area contributed by atoms with E-state index in [4.69, 9.17) is 10.8 Å². The number of carbonyl (C=O) groups excluding carboxylic acids is 1. The average molecular weight is 172 g/mol. The van der Waals surface area contributed by atoms with Gasteiger partial charge in [-0.3, -0.25) is 4.79 Å². The fraction of sp³-hybridized carbons (Fsp3) is 0.714. The molecule has 1 fully saturated rings. The SMILES string of the molecule is N[C@@H]1CCCCN(C(=O)O)C1=O. The molecule has 0 bridgehead atoms. The Kier molecular flexibility index (Phi) is 2.65. The van der Waals surface area contributed by atoms with Crippen molar-refractivity contribution in [1.82, 2.24) is 4.90 Å². The first kappa shape index (κ1) is 8.99. The third-order valence-electron chi connectivity index (χ3n) is 1.96. The van der Waals surface area contributed by atoms with Crippen LogP contribution in [0.1, 0.15) is 19.3 Å². The quantitative estimate of drug-likeness (QED) is 0.539. The Balaban J connectivity index is 2.71. The molecule has 1 heterocycles. The molecule has 5 heteroatoms. The molecule has 3 N–H and O–H groups in total. The van der Waals surface area contributed by atoms with Crippen LogP contribution in [0.5, 0.6) is 0 Å². The van der Waals surface area contributed by atoms with Gasteiger partial charge in [-0.1, -0.05) is 0 Å². The first-order chi connectivity index (χ1) is 5.63. The van der Waals surface area contributed by atoms with Crippen LogP contribution in [-0.2, 0) is 4.79 Å². The van der Waals surface area contributed by atoms with Crippen LogP contribution in [0.15, 0.2) is 0 Å². The number of nitrogens with zero attached hydrogens (tertiary/aromatic N) is 1. The average Bonchev–Trinajstić information content (AvgIpc) is 2.15. The molecule has 1 atom stereocenters. The van der Waals surface area contributed by atoms with Crippen molar-refractivity contribution in [2.24, 2.45) is 5.73 Å². The summed E-state index contributed by atoms with van der Waals surface area (Å²) in [6, 6.07) is -0.636. The van der Waals surface area contributed by atoms with Crippen LogP contribution in [0.3, 0.4) is 0 Å². The van der Waals surface area contributed by atoms with Gasteiger partial charge in [-0.15, -0.1) is 0 Å². The number of hydrogen-bond acceptors (Lipinski definition) is 3. The molecule has 0 unspecified atom stereocenters. The van der Waals surface area contributed by atoms with E-state index in [1.165, 1.54) is 0 Å². The minimum Gasteiger partial charge on any atom is -0.465 e. The molecule has 0 saturated carbocycles. The van der Waals surface area contributed by atoms with Gasteiger partial charge in [0.05, 0.1) is 6.04 Å². The van der Waals surface area contributed by atoms with Crippen molar-refractivity contribution < 1.29 is 14.7 Å². The first-order valence-electron chi connectivity index (χ1n) is 3.93. The minimum absolute atomic E-state index is 0.280. The predicted molar refractivity (Wildman–Crippen MR) is 41.6 cm³/mol. The van der Waals surface area contributed by atoms with Crippen molar-refractivity contribution in [1.29, 1.82) is 0 Å². The van der Waals surface area contributed by atoms with E-state index in [1.54, 1.807) is 0 Å². The van der Waals surface area contributed by atoms with Gasteiger partial charge in [0.1, 0.15) is 0 Å². The highest BCUT2D eigenvalue weighted by Gasteiger charge is 2.27. The molecule has 1 saturated heterocycles. The molecule has 2 amide bonds. The topological polar surface area (TPSA) is 83.6 Å². The van der Waals surface area contributed by atoms with Gasteiger partial charge in [-0.05, 0) is 19.3 Å². The summed E-state index contributed by atoms with van der Waals surface area (Å²) in [4.78, 5) is 22.5. The zero-order chi connectivity index (χ0) is 9.14. The number of likely N-dealkylation sites (tertiary alicyclic amines) is 1. The van der Waals surface area contributed by atoms with E-state index in [1.807, 2.05) is 0 Å². The maximum absolute atomic E-state index is 11.2. The molecule has 0 aromatic heterocycles. The lowest BCUT2D eigenvalue weighted by Gasteiger charge is -2.16. The second kappa shape index (κ2) is 3.53. The summed E-state index contributed by atoms with van der Waals surface area (Å²) >= 11 is 0. The Bertz CT molecular complexity index is 205. The Hall–Kier alpha value is -1.10. The van der Waals surface area contributed by atoms with E-state index >= 15 is 0 Å². The summed E-state index contributed by atoms with van der Waals surface area (Å²) in [6.45, 7) is 0.280. The Morgan fingerprint density at radius 1 is 1.58 bits per heavy atom. The van der Waals surface area contributed by atoms with E-state index in [2.05, 4.69) is 0 Å². The molecule has 5 nitrogen and oxygen atoms in total. The van der Waals surface area contributed by atoms with Gasteiger partial charge in [0.15, 0.2) is 0 Å². The van der Waals surface area contributed by atoms with Gasteiger partial charge in [0.25, 0.3) is 0 Å². The van der Waals surface area contributed by atoms with Gasteiger partial charge in [-0.25, -0.2) is 9.69 Å². The Labute approximate surface area is 70.1 Å². The number of carboxylic acid groups (broad SMARTS) is 1. The minimum atomic E-state index is -1.20. The lowest BCUT2D eigenvalue weighted by molar-refractivity contribution is -0.129. The fourth-order valence-corrected chi connectivity index (χ4v) is 1.26. The van der Waals surface area contributed by atoms with Crippen LogP contribution in [0, 0.1) is 0 Å². The number of hydrogen-bond donors (Lipinski definition) is 2. The van der Waals surface area contributed by atoms with E-state index in [0.717, 1.165) is 11.3 Å². The molecule has 0 aliphatic carbocycles. The third kappa shape index (κ3) is 1.73. The molecule has 1 aliphatic rings. The molecule has 0 spiro atoms. The summed E-state index contributed by atoms with van der Waals surface area (Å²) in [5.41, 5.74) is 5.45. The molecule has 1 rings (SSSR count). The summed E-state index contributed by atoms with van der Waals surface area (Å²) in [6.07, 6.45) is 0.919. The monoisotopic (exact) mass is 172 g/mol. The molecule has 68 valence electrons. The van der Waals surface area contributed by atoms with E-state index in [0.29, 0.717) is 12.8 Å². The van der Waals surface area contributed by atoms with Crippen LogP contribution in [-0.4, -0.2) is 34.6 Å². The number of nitrogens with two attached hydrogens (primary N) is 1. The molecule has 0 aromatic carbocycles. The van der Waals surface area contributed by atoms with E-state index in [9.17, 15) is 9.59 Å². The van der Waals surface area contributed by atoms with Crippen molar-refractivity contribution in [3.05, 3.63) is 0 Å². The maximum Gasteiger partial charge on any atom is 0.414 e. The van der Waals surface area contributed by atoms with Gasteiger partial charge in [-0.2, -0.15) is 0 Å². The zero-order valence-electron chi connectivity index (χ0n) is 6.69. The maximum atomic E-state index is 11.2. The van der Waals surface area contributed by atoms with E-state index < -0.39 is 18.0 Å². The second-order valence-electron chi connectivity index (χ2n) is 2.87. The fourth-order valence-electron chi connectivity index (χ4n) is 1.26. The smallest absolute Gasteiger partial charge is 0.414 e. The van der Waals surface area contributed by atoms with Crippen molar-refractivity contribution in [3.8, 4) is 0 Å². The van der Waals surface area contributed by atoms with Crippen molar-refractivity contribution in [3.63, 3.8) is 0 Å². The van der Waals surface area contributed by atoms with Gasteiger partial charge in [0, 0.05) is 6.54 Å². The van der Waals surface area contributed by atoms with Crippen LogP contribution in [0.4, 0.5) is 4.79 Å². The van der Waals surface area contributed by atoms with Crippen LogP contribution in [0.2, 0.25) is 0 Å². The normalized spacial score (nSPS) is 25.2. The molecular formula is C7H12N2O3. The summed E-state index contributed by atoms with van der Waals surface area (Å²) in [7, 11) is 0. The highest BCUT2D eigenvalue weighted by molar-refractivity contribution is 5.94. The van der Waals surface area contributed by atoms with Gasteiger partial charge < -0.3 is 10.8 Å². The first-order valence-corrected chi connectivity index (χ1v) is 3.93. The molecule has 0 aromatic rings. The molecule has 12 heavy (non-hydrogen) atoms.